The summed E-state index contributed by atoms with van der Waals surface area (Å²) in [6.45, 7) is 3.01. The molecule has 0 aliphatic carbocycles. The fraction of sp³-hybridized carbons (Fsp3) is 0.500. The SMILES string of the molecule is CC[C@H]1CCCCN1C(=O)c1ccccc1Cl. The van der Waals surface area contributed by atoms with Gasteiger partial charge in [0, 0.05) is 12.6 Å². The summed E-state index contributed by atoms with van der Waals surface area (Å²) in [5, 5.41) is 0.554. The van der Waals surface area contributed by atoms with Crippen molar-refractivity contribution in [3.63, 3.8) is 0 Å². The lowest BCUT2D eigenvalue weighted by atomic mass is 9.99. The highest BCUT2D eigenvalue weighted by molar-refractivity contribution is 6.33. The average Bonchev–Trinajstić information content (AvgIpc) is 2.38. The van der Waals surface area contributed by atoms with Crippen molar-refractivity contribution in [2.75, 3.05) is 6.54 Å². The van der Waals surface area contributed by atoms with Gasteiger partial charge in [0.2, 0.25) is 0 Å². The van der Waals surface area contributed by atoms with E-state index in [2.05, 4.69) is 6.92 Å². The van der Waals surface area contributed by atoms with Crippen LogP contribution in [-0.4, -0.2) is 23.4 Å². The Bertz CT molecular complexity index is 405. The second-order valence-electron chi connectivity index (χ2n) is 4.54. The molecule has 1 saturated heterocycles. The molecule has 0 N–H and O–H groups in total. The minimum Gasteiger partial charge on any atom is -0.336 e. The zero-order valence-electron chi connectivity index (χ0n) is 10.2. The van der Waals surface area contributed by atoms with Gasteiger partial charge in [0.05, 0.1) is 10.6 Å². The zero-order chi connectivity index (χ0) is 12.3. The summed E-state index contributed by atoms with van der Waals surface area (Å²) >= 11 is 6.08. The highest BCUT2D eigenvalue weighted by atomic mass is 35.5. The van der Waals surface area contributed by atoms with E-state index in [1.807, 2.05) is 23.1 Å². The molecule has 1 amide bonds. The molecule has 2 rings (SSSR count). The van der Waals surface area contributed by atoms with Gasteiger partial charge in [-0.25, -0.2) is 0 Å². The quantitative estimate of drug-likeness (QED) is 0.784. The van der Waals surface area contributed by atoms with E-state index in [1.54, 1.807) is 6.07 Å². The maximum absolute atomic E-state index is 12.4. The van der Waals surface area contributed by atoms with Crippen molar-refractivity contribution in [1.82, 2.24) is 4.90 Å². The van der Waals surface area contributed by atoms with E-state index in [1.165, 1.54) is 6.42 Å². The van der Waals surface area contributed by atoms with Crippen molar-refractivity contribution in [1.29, 1.82) is 0 Å². The zero-order valence-corrected chi connectivity index (χ0v) is 10.9. The number of carbonyl (C=O) groups excluding carboxylic acids is 1. The van der Waals surface area contributed by atoms with Gasteiger partial charge in [-0.15, -0.1) is 0 Å². The van der Waals surface area contributed by atoms with Gasteiger partial charge in [0.25, 0.3) is 5.91 Å². The van der Waals surface area contributed by atoms with Crippen molar-refractivity contribution in [2.24, 2.45) is 0 Å². The third-order valence-electron chi connectivity index (χ3n) is 3.46. The van der Waals surface area contributed by atoms with Crippen LogP contribution in [0.5, 0.6) is 0 Å². The van der Waals surface area contributed by atoms with E-state index in [0.29, 0.717) is 16.6 Å². The van der Waals surface area contributed by atoms with E-state index in [0.717, 1.165) is 25.8 Å². The molecule has 0 radical (unpaired) electrons. The number of amides is 1. The fourth-order valence-electron chi connectivity index (χ4n) is 2.48. The Kier molecular flexibility index (Phi) is 4.06. The van der Waals surface area contributed by atoms with Crippen LogP contribution in [0.25, 0.3) is 0 Å². The minimum atomic E-state index is 0.0853. The van der Waals surface area contributed by atoms with Gasteiger partial charge in [0.15, 0.2) is 0 Å². The fourth-order valence-corrected chi connectivity index (χ4v) is 2.70. The molecule has 1 aromatic carbocycles. The van der Waals surface area contributed by atoms with Crippen LogP contribution in [0, 0.1) is 0 Å². The predicted molar refractivity (Wildman–Crippen MR) is 70.4 cm³/mol. The van der Waals surface area contributed by atoms with Gasteiger partial charge in [-0.3, -0.25) is 4.79 Å². The summed E-state index contributed by atoms with van der Waals surface area (Å²) in [6.07, 6.45) is 4.47. The number of hydrogen-bond acceptors (Lipinski definition) is 1. The molecule has 1 fully saturated rings. The van der Waals surface area contributed by atoms with E-state index in [-0.39, 0.29) is 5.91 Å². The Hall–Kier alpha value is -1.02. The van der Waals surface area contributed by atoms with Crippen LogP contribution in [0.4, 0.5) is 0 Å². The van der Waals surface area contributed by atoms with Gasteiger partial charge in [0.1, 0.15) is 0 Å². The average molecular weight is 252 g/mol. The van der Waals surface area contributed by atoms with Crippen LogP contribution in [0.3, 0.4) is 0 Å². The lowest BCUT2D eigenvalue weighted by molar-refractivity contribution is 0.0608. The summed E-state index contributed by atoms with van der Waals surface area (Å²) < 4.78 is 0. The molecule has 1 atom stereocenters. The largest absolute Gasteiger partial charge is 0.336 e. The van der Waals surface area contributed by atoms with Crippen molar-refractivity contribution in [2.45, 2.75) is 38.6 Å². The van der Waals surface area contributed by atoms with Gasteiger partial charge < -0.3 is 4.90 Å². The number of hydrogen-bond donors (Lipinski definition) is 0. The summed E-state index contributed by atoms with van der Waals surface area (Å²) in [4.78, 5) is 14.4. The molecule has 0 aromatic heterocycles. The molecule has 92 valence electrons. The lowest BCUT2D eigenvalue weighted by Crippen LogP contribution is -2.43. The first kappa shape index (κ1) is 12.4. The van der Waals surface area contributed by atoms with Crippen molar-refractivity contribution in [3.05, 3.63) is 34.9 Å². The normalized spacial score (nSPS) is 20.4. The summed E-state index contributed by atoms with van der Waals surface area (Å²) in [5.74, 6) is 0.0853. The summed E-state index contributed by atoms with van der Waals surface area (Å²) in [5.41, 5.74) is 0.634. The van der Waals surface area contributed by atoms with E-state index >= 15 is 0 Å². The third kappa shape index (κ3) is 2.63. The van der Waals surface area contributed by atoms with E-state index in [9.17, 15) is 4.79 Å². The molecule has 0 unspecified atom stereocenters. The van der Waals surface area contributed by atoms with Crippen LogP contribution in [0.1, 0.15) is 43.0 Å². The number of rotatable bonds is 2. The smallest absolute Gasteiger partial charge is 0.255 e. The number of likely N-dealkylation sites (tertiary alicyclic amines) is 1. The highest BCUT2D eigenvalue weighted by Crippen LogP contribution is 2.24. The molecule has 17 heavy (non-hydrogen) atoms. The molecule has 0 spiro atoms. The van der Waals surface area contributed by atoms with Gasteiger partial charge in [-0.05, 0) is 37.8 Å². The van der Waals surface area contributed by atoms with Gasteiger partial charge in [-0.1, -0.05) is 30.7 Å². The number of carbonyl (C=O) groups is 1. The number of nitrogens with zero attached hydrogens (tertiary/aromatic N) is 1. The number of halogens is 1. The van der Waals surface area contributed by atoms with Gasteiger partial charge >= 0.3 is 0 Å². The molecule has 1 aromatic rings. The molecule has 1 heterocycles. The van der Waals surface area contributed by atoms with Crippen LogP contribution < -0.4 is 0 Å². The summed E-state index contributed by atoms with van der Waals surface area (Å²) in [7, 11) is 0. The minimum absolute atomic E-state index is 0.0853. The van der Waals surface area contributed by atoms with Gasteiger partial charge in [-0.2, -0.15) is 0 Å². The number of piperidine rings is 1. The first-order valence-electron chi connectivity index (χ1n) is 6.29. The third-order valence-corrected chi connectivity index (χ3v) is 3.79. The van der Waals surface area contributed by atoms with E-state index < -0.39 is 0 Å². The molecular formula is C14H18ClNO. The van der Waals surface area contributed by atoms with Crippen LogP contribution >= 0.6 is 11.6 Å². The molecular weight excluding hydrogens is 234 g/mol. The van der Waals surface area contributed by atoms with Crippen LogP contribution in [0.2, 0.25) is 5.02 Å². The first-order valence-corrected chi connectivity index (χ1v) is 6.67. The van der Waals surface area contributed by atoms with Crippen LogP contribution in [-0.2, 0) is 0 Å². The van der Waals surface area contributed by atoms with E-state index in [4.69, 9.17) is 11.6 Å². The Morgan fingerprint density at radius 3 is 2.88 bits per heavy atom. The monoisotopic (exact) mass is 251 g/mol. The second-order valence-corrected chi connectivity index (χ2v) is 4.94. The second kappa shape index (κ2) is 5.54. The molecule has 0 bridgehead atoms. The number of benzene rings is 1. The molecule has 1 aliphatic heterocycles. The Morgan fingerprint density at radius 2 is 2.18 bits per heavy atom. The molecule has 2 nitrogen and oxygen atoms in total. The van der Waals surface area contributed by atoms with Crippen molar-refractivity contribution >= 4 is 17.5 Å². The highest BCUT2D eigenvalue weighted by Gasteiger charge is 2.26. The Morgan fingerprint density at radius 1 is 1.41 bits per heavy atom. The first-order chi connectivity index (χ1) is 8.24. The predicted octanol–water partition coefficient (Wildman–Crippen LogP) is 3.74. The summed E-state index contributed by atoms with van der Waals surface area (Å²) in [6, 6.07) is 7.69. The molecule has 0 saturated carbocycles. The Labute approximate surface area is 108 Å². The molecule has 1 aliphatic rings. The maximum atomic E-state index is 12.4. The van der Waals surface area contributed by atoms with Crippen LogP contribution in [0.15, 0.2) is 24.3 Å². The maximum Gasteiger partial charge on any atom is 0.255 e. The standard InChI is InChI=1S/C14H18ClNO/c1-2-11-7-5-6-10-16(11)14(17)12-8-3-4-9-13(12)15/h3-4,8-9,11H,2,5-7,10H2,1H3/t11-/m0/s1. The van der Waals surface area contributed by atoms with Crippen molar-refractivity contribution < 1.29 is 4.79 Å². The topological polar surface area (TPSA) is 20.3 Å². The van der Waals surface area contributed by atoms with Crippen molar-refractivity contribution in [3.8, 4) is 0 Å². The Balaban J connectivity index is 2.21. The molecule has 3 heteroatoms. The lowest BCUT2D eigenvalue weighted by Gasteiger charge is -2.35.